The quantitative estimate of drug-likeness (QED) is 0.505. The Kier molecular flexibility index (Phi) is 8.61. The lowest BCUT2D eigenvalue weighted by atomic mass is 9.82. The first-order valence-electron chi connectivity index (χ1n) is 12.0. The van der Waals surface area contributed by atoms with Crippen molar-refractivity contribution >= 4 is 23.4 Å². The van der Waals surface area contributed by atoms with E-state index in [2.05, 4.69) is 54.2 Å². The van der Waals surface area contributed by atoms with Crippen molar-refractivity contribution in [1.29, 1.82) is 5.26 Å². The molecule has 186 valence electrons. The zero-order valence-electron chi connectivity index (χ0n) is 20.6. The van der Waals surface area contributed by atoms with E-state index in [9.17, 15) is 9.90 Å². The maximum Gasteiger partial charge on any atom is 0.405 e. The van der Waals surface area contributed by atoms with Gasteiger partial charge in [0, 0.05) is 44.7 Å². The molecule has 2 aliphatic rings. The van der Waals surface area contributed by atoms with Crippen molar-refractivity contribution in [1.82, 2.24) is 20.4 Å². The van der Waals surface area contributed by atoms with Crippen molar-refractivity contribution in [2.75, 3.05) is 39.3 Å². The molecule has 3 rings (SSSR count). The van der Waals surface area contributed by atoms with E-state index in [1.165, 1.54) is 6.42 Å². The highest BCUT2D eigenvalue weighted by molar-refractivity contribution is 7.80. The normalized spacial score (nSPS) is 22.3. The summed E-state index contributed by atoms with van der Waals surface area (Å²) < 4.78 is 6.36. The van der Waals surface area contributed by atoms with Crippen LogP contribution < -0.4 is 15.4 Å². The van der Waals surface area contributed by atoms with Crippen molar-refractivity contribution in [2.24, 2.45) is 17.3 Å². The van der Waals surface area contributed by atoms with Crippen LogP contribution >= 0.6 is 12.2 Å². The Morgan fingerprint density at radius 2 is 1.85 bits per heavy atom. The molecule has 2 fully saturated rings. The van der Waals surface area contributed by atoms with E-state index in [1.54, 1.807) is 24.3 Å². The van der Waals surface area contributed by atoms with Gasteiger partial charge in [-0.2, -0.15) is 5.26 Å². The predicted molar refractivity (Wildman–Crippen MR) is 136 cm³/mol. The van der Waals surface area contributed by atoms with Crippen molar-refractivity contribution in [3.05, 3.63) is 29.8 Å². The van der Waals surface area contributed by atoms with Gasteiger partial charge in [-0.1, -0.05) is 20.8 Å². The van der Waals surface area contributed by atoms with E-state index in [1.807, 2.05) is 0 Å². The fourth-order valence-corrected chi connectivity index (χ4v) is 5.53. The van der Waals surface area contributed by atoms with Gasteiger partial charge in [0.05, 0.1) is 17.7 Å². The molecule has 1 amide bonds. The summed E-state index contributed by atoms with van der Waals surface area (Å²) in [6.07, 6.45) is -0.262. The number of fused-ring (bicyclic) bond motifs is 2. The van der Waals surface area contributed by atoms with Gasteiger partial charge in [0.15, 0.2) is 5.11 Å². The summed E-state index contributed by atoms with van der Waals surface area (Å²) in [5.41, 5.74) is 0.240. The van der Waals surface area contributed by atoms with Crippen LogP contribution in [0, 0.1) is 28.6 Å². The molecule has 2 saturated heterocycles. The fourth-order valence-electron chi connectivity index (χ4n) is 5.24. The van der Waals surface area contributed by atoms with Gasteiger partial charge < -0.3 is 30.3 Å². The van der Waals surface area contributed by atoms with E-state index >= 15 is 0 Å². The Labute approximate surface area is 208 Å². The number of nitrogens with zero attached hydrogens (tertiary/aromatic N) is 3. The average Bonchev–Trinajstić information content (AvgIpc) is 2.76. The van der Waals surface area contributed by atoms with Gasteiger partial charge >= 0.3 is 6.09 Å². The molecule has 4 atom stereocenters. The topological polar surface area (TPSA) is 101 Å². The first-order valence-corrected chi connectivity index (χ1v) is 12.4. The van der Waals surface area contributed by atoms with E-state index in [-0.39, 0.29) is 5.41 Å². The zero-order valence-corrected chi connectivity index (χ0v) is 21.4. The molecular weight excluding hydrogens is 450 g/mol. The summed E-state index contributed by atoms with van der Waals surface area (Å²) in [7, 11) is 0. The Morgan fingerprint density at radius 3 is 2.35 bits per heavy atom. The molecule has 1 aromatic carbocycles. The number of benzene rings is 1. The molecule has 0 aliphatic carbocycles. The maximum atomic E-state index is 11.7. The van der Waals surface area contributed by atoms with Crippen molar-refractivity contribution in [3.63, 3.8) is 0 Å². The average molecular weight is 488 g/mol. The van der Waals surface area contributed by atoms with Crippen molar-refractivity contribution in [2.45, 2.75) is 46.3 Å². The zero-order chi connectivity index (χ0) is 24.9. The van der Waals surface area contributed by atoms with Gasteiger partial charge in [-0.15, -0.1) is 0 Å². The Morgan fingerprint density at radius 1 is 1.24 bits per heavy atom. The number of piperidine rings is 2. The largest absolute Gasteiger partial charge is 0.488 e. The van der Waals surface area contributed by atoms with Gasteiger partial charge in [0.2, 0.25) is 0 Å². The van der Waals surface area contributed by atoms with Crippen molar-refractivity contribution in [3.8, 4) is 11.8 Å². The van der Waals surface area contributed by atoms with Gasteiger partial charge in [0.25, 0.3) is 0 Å². The third-order valence-electron chi connectivity index (χ3n) is 6.50. The van der Waals surface area contributed by atoms with Crippen LogP contribution in [0.2, 0.25) is 0 Å². The van der Waals surface area contributed by atoms with E-state index in [0.717, 1.165) is 37.8 Å². The lowest BCUT2D eigenvalue weighted by Crippen LogP contribution is -2.60. The number of rotatable bonds is 7. The molecule has 0 spiro atoms. The summed E-state index contributed by atoms with van der Waals surface area (Å²) in [6, 6.07) is 8.66. The van der Waals surface area contributed by atoms with Crippen LogP contribution in [0.4, 0.5) is 4.79 Å². The fraction of sp³-hybridized carbons (Fsp3) is 0.640. The number of carboxylic acid groups (broad SMARTS) is 1. The highest BCUT2D eigenvalue weighted by Gasteiger charge is 2.40. The van der Waals surface area contributed by atoms with Crippen LogP contribution in [0.1, 0.15) is 39.7 Å². The molecule has 3 unspecified atom stereocenters. The number of hydrogen-bond acceptors (Lipinski definition) is 5. The van der Waals surface area contributed by atoms with Gasteiger partial charge in [-0.25, -0.2) is 4.79 Å². The second kappa shape index (κ2) is 11.2. The van der Waals surface area contributed by atoms with E-state index in [4.69, 9.17) is 22.2 Å². The lowest BCUT2D eigenvalue weighted by molar-refractivity contribution is 0.0117. The first-order chi connectivity index (χ1) is 16.1. The second-order valence-corrected chi connectivity index (χ2v) is 10.9. The molecule has 0 saturated carbocycles. The van der Waals surface area contributed by atoms with Crippen molar-refractivity contribution < 1.29 is 14.6 Å². The van der Waals surface area contributed by atoms with Crippen LogP contribution in [-0.2, 0) is 0 Å². The van der Waals surface area contributed by atoms with Gasteiger partial charge in [0.1, 0.15) is 11.9 Å². The number of nitriles is 1. The minimum absolute atomic E-state index is 0.318. The summed E-state index contributed by atoms with van der Waals surface area (Å²) >= 11 is 5.54. The van der Waals surface area contributed by atoms with Gasteiger partial charge in [-0.3, -0.25) is 0 Å². The van der Waals surface area contributed by atoms with Crippen LogP contribution in [0.5, 0.6) is 5.75 Å². The van der Waals surface area contributed by atoms with Crippen LogP contribution in [0.25, 0.3) is 0 Å². The monoisotopic (exact) mass is 487 g/mol. The summed E-state index contributed by atoms with van der Waals surface area (Å²) in [6.45, 7) is 13.3. The first kappa shape index (κ1) is 26.0. The molecule has 2 heterocycles. The number of amides is 1. The SMILES string of the molecule is CCNC(=S)N1CC2CC(CN(C[C@H](NC(=O)O)C(Oc3ccc(C#N)cc3)C(C)(C)C)C2)C1. The Hall–Kier alpha value is -2.57. The Balaban J connectivity index is 1.73. The number of carbonyl (C=O) groups is 1. The molecule has 3 N–H and O–H groups in total. The standard InChI is InChI=1S/C25H37N5O3S/c1-5-27-23(34)30-14-18-10-19(15-30)13-29(12-18)16-21(28-24(31)32)22(25(2,3)4)33-20-8-6-17(11-26)7-9-20/h6-9,18-19,21-22,28H,5,10,12-16H2,1-4H3,(H,27,34)(H,31,32)/t18?,19?,21-,22?/m0/s1. The van der Waals surface area contributed by atoms with Crippen LogP contribution in [-0.4, -0.2) is 77.5 Å². The molecule has 0 radical (unpaired) electrons. The summed E-state index contributed by atoms with van der Waals surface area (Å²) in [4.78, 5) is 16.4. The molecule has 9 heteroatoms. The number of thiocarbonyl (C=S) groups is 1. The number of hydrogen-bond donors (Lipinski definition) is 3. The predicted octanol–water partition coefficient (Wildman–Crippen LogP) is 3.14. The molecule has 0 aromatic heterocycles. The lowest BCUT2D eigenvalue weighted by Gasteiger charge is -2.48. The van der Waals surface area contributed by atoms with Gasteiger partial charge in [-0.05, 0) is 61.7 Å². The van der Waals surface area contributed by atoms with Crippen LogP contribution in [0.15, 0.2) is 24.3 Å². The third-order valence-corrected chi connectivity index (χ3v) is 6.90. The third kappa shape index (κ3) is 6.97. The highest BCUT2D eigenvalue weighted by Crippen LogP contribution is 2.31. The number of nitrogens with one attached hydrogen (secondary N) is 2. The molecular formula is C25H37N5O3S. The molecule has 1 aromatic rings. The highest BCUT2D eigenvalue weighted by atomic mass is 32.1. The summed E-state index contributed by atoms with van der Waals surface area (Å²) in [5.74, 6) is 1.63. The minimum Gasteiger partial charge on any atom is -0.488 e. The number of ether oxygens (including phenoxy) is 1. The molecule has 2 bridgehead atoms. The molecule has 34 heavy (non-hydrogen) atoms. The molecule has 2 aliphatic heterocycles. The minimum atomic E-state index is -1.05. The summed E-state index contributed by atoms with van der Waals surface area (Å²) in [5, 5.41) is 25.5. The van der Waals surface area contributed by atoms with E-state index < -0.39 is 18.2 Å². The smallest absolute Gasteiger partial charge is 0.405 e. The van der Waals surface area contributed by atoms with Crippen LogP contribution in [0.3, 0.4) is 0 Å². The second-order valence-electron chi connectivity index (χ2n) is 10.5. The van der Waals surface area contributed by atoms with E-state index in [0.29, 0.717) is 29.7 Å². The number of likely N-dealkylation sites (tertiary alicyclic amines) is 2. The molecule has 8 nitrogen and oxygen atoms in total. The maximum absolute atomic E-state index is 11.7. The Bertz CT molecular complexity index is 881.